The molecule has 1 amide bonds. The van der Waals surface area contributed by atoms with Crippen molar-refractivity contribution in [1.29, 1.82) is 0 Å². The maximum atomic E-state index is 12.1. The van der Waals surface area contributed by atoms with Crippen LogP contribution in [0.25, 0.3) is 0 Å². The molecule has 2 rings (SSSR count). The van der Waals surface area contributed by atoms with Crippen LogP contribution in [-0.4, -0.2) is 18.6 Å². The van der Waals surface area contributed by atoms with Crippen LogP contribution in [0.4, 0.5) is 0 Å². The summed E-state index contributed by atoms with van der Waals surface area (Å²) in [6.45, 7) is 6.42. The first-order valence-corrected chi connectivity index (χ1v) is 8.59. The highest BCUT2D eigenvalue weighted by atomic mass is 35.5. The Morgan fingerprint density at radius 3 is 2.54 bits per heavy atom. The Bertz CT molecular complexity index is 683. The van der Waals surface area contributed by atoms with Gasteiger partial charge in [-0.25, -0.2) is 0 Å². The number of ether oxygens (including phenoxy) is 1. The summed E-state index contributed by atoms with van der Waals surface area (Å²) in [6, 6.07) is 13.7. The first-order chi connectivity index (χ1) is 11.5. The molecule has 3 nitrogen and oxygen atoms in total. The van der Waals surface area contributed by atoms with Crippen LogP contribution >= 0.6 is 11.6 Å². The highest BCUT2D eigenvalue weighted by molar-refractivity contribution is 6.30. The lowest BCUT2D eigenvalue weighted by Crippen LogP contribution is -2.37. The second-order valence-electron chi connectivity index (χ2n) is 6.05. The van der Waals surface area contributed by atoms with Crippen LogP contribution in [-0.2, 0) is 11.2 Å². The van der Waals surface area contributed by atoms with Crippen LogP contribution in [0, 0.1) is 13.8 Å². The van der Waals surface area contributed by atoms with Crippen molar-refractivity contribution in [2.75, 3.05) is 6.54 Å². The third-order valence-electron chi connectivity index (χ3n) is 3.86. The largest absolute Gasteiger partial charge is 0.481 e. The van der Waals surface area contributed by atoms with Crippen molar-refractivity contribution < 1.29 is 9.53 Å². The van der Waals surface area contributed by atoms with Gasteiger partial charge in [0.1, 0.15) is 5.75 Å². The maximum Gasteiger partial charge on any atom is 0.260 e. The summed E-state index contributed by atoms with van der Waals surface area (Å²) in [5.41, 5.74) is 3.43. The Morgan fingerprint density at radius 2 is 1.88 bits per heavy atom. The number of benzene rings is 2. The third-order valence-corrected chi connectivity index (χ3v) is 4.11. The molecule has 0 heterocycles. The van der Waals surface area contributed by atoms with E-state index in [9.17, 15) is 4.79 Å². The van der Waals surface area contributed by atoms with Crippen LogP contribution in [0.1, 0.15) is 30.0 Å². The van der Waals surface area contributed by atoms with Gasteiger partial charge in [0.05, 0.1) is 0 Å². The number of aryl methyl sites for hydroxylation is 3. The predicted molar refractivity (Wildman–Crippen MR) is 98.8 cm³/mol. The highest BCUT2D eigenvalue weighted by Crippen LogP contribution is 2.20. The number of hydrogen-bond acceptors (Lipinski definition) is 2. The summed E-state index contributed by atoms with van der Waals surface area (Å²) in [5, 5.41) is 3.67. The molecule has 4 heteroatoms. The SMILES string of the molecule is Cc1ccc(OC(C)C(=O)NCCCc2ccc(Cl)cc2)c(C)c1. The van der Waals surface area contributed by atoms with Crippen LogP contribution in [0.3, 0.4) is 0 Å². The summed E-state index contributed by atoms with van der Waals surface area (Å²) in [6.07, 6.45) is 1.27. The van der Waals surface area contributed by atoms with E-state index in [0.717, 1.165) is 29.2 Å². The van der Waals surface area contributed by atoms with E-state index >= 15 is 0 Å². The average Bonchev–Trinajstić information content (AvgIpc) is 2.55. The molecular weight excluding hydrogens is 322 g/mol. The minimum atomic E-state index is -0.512. The minimum Gasteiger partial charge on any atom is -0.481 e. The number of nitrogens with one attached hydrogen (secondary N) is 1. The van der Waals surface area contributed by atoms with Gasteiger partial charge in [-0.05, 0) is 62.9 Å². The molecule has 0 saturated carbocycles. The molecule has 0 aliphatic carbocycles. The van der Waals surface area contributed by atoms with Crippen LogP contribution in [0.2, 0.25) is 5.02 Å². The highest BCUT2D eigenvalue weighted by Gasteiger charge is 2.15. The Hall–Kier alpha value is -2.00. The van der Waals surface area contributed by atoms with Gasteiger partial charge in [0.25, 0.3) is 5.91 Å². The Balaban J connectivity index is 1.74. The fraction of sp³-hybridized carbons (Fsp3) is 0.350. The fourth-order valence-electron chi connectivity index (χ4n) is 2.47. The first-order valence-electron chi connectivity index (χ1n) is 8.22. The van der Waals surface area contributed by atoms with E-state index in [-0.39, 0.29) is 5.91 Å². The van der Waals surface area contributed by atoms with Gasteiger partial charge in [0, 0.05) is 11.6 Å². The zero-order valence-electron chi connectivity index (χ0n) is 14.4. The summed E-state index contributed by atoms with van der Waals surface area (Å²) in [7, 11) is 0. The van der Waals surface area contributed by atoms with Gasteiger partial charge in [-0.15, -0.1) is 0 Å². The Kier molecular flexibility index (Phi) is 6.68. The Labute approximate surface area is 149 Å². The molecule has 0 saturated heterocycles. The number of halogens is 1. The van der Waals surface area contributed by atoms with Gasteiger partial charge in [-0.3, -0.25) is 4.79 Å². The van der Waals surface area contributed by atoms with E-state index in [0.29, 0.717) is 6.54 Å². The standard InChI is InChI=1S/C20H24ClNO2/c1-14-6-11-19(15(2)13-14)24-16(3)20(23)22-12-4-5-17-7-9-18(21)10-8-17/h6-11,13,16H,4-5,12H2,1-3H3,(H,22,23). The normalized spacial score (nSPS) is 11.8. The molecule has 0 radical (unpaired) electrons. The van der Waals surface area contributed by atoms with Crippen molar-refractivity contribution in [3.8, 4) is 5.75 Å². The van der Waals surface area contributed by atoms with Gasteiger partial charge in [0.15, 0.2) is 6.10 Å². The predicted octanol–water partition coefficient (Wildman–Crippen LogP) is 4.47. The molecule has 1 atom stereocenters. The van der Waals surface area contributed by atoms with Crippen LogP contribution < -0.4 is 10.1 Å². The van der Waals surface area contributed by atoms with Gasteiger partial charge in [-0.2, -0.15) is 0 Å². The molecule has 0 spiro atoms. The molecule has 2 aromatic rings. The molecule has 1 unspecified atom stereocenters. The second-order valence-corrected chi connectivity index (χ2v) is 6.49. The number of rotatable bonds is 7. The van der Waals surface area contributed by atoms with Crippen molar-refractivity contribution in [2.45, 2.75) is 39.7 Å². The number of carbonyl (C=O) groups excluding carboxylic acids is 1. The number of hydrogen-bond donors (Lipinski definition) is 1. The van der Waals surface area contributed by atoms with Crippen LogP contribution in [0.5, 0.6) is 5.75 Å². The summed E-state index contributed by atoms with van der Waals surface area (Å²) in [4.78, 5) is 12.1. The molecule has 0 aromatic heterocycles. The molecule has 0 bridgehead atoms. The smallest absolute Gasteiger partial charge is 0.260 e. The lowest BCUT2D eigenvalue weighted by Gasteiger charge is -2.16. The van der Waals surface area contributed by atoms with E-state index in [1.54, 1.807) is 6.92 Å². The third kappa shape index (κ3) is 5.57. The molecule has 1 N–H and O–H groups in total. The van der Waals surface area contributed by atoms with Crippen LogP contribution in [0.15, 0.2) is 42.5 Å². The van der Waals surface area contributed by atoms with Gasteiger partial charge in [-0.1, -0.05) is 41.4 Å². The molecule has 128 valence electrons. The van der Waals surface area contributed by atoms with E-state index in [4.69, 9.17) is 16.3 Å². The quantitative estimate of drug-likeness (QED) is 0.752. The lowest BCUT2D eigenvalue weighted by molar-refractivity contribution is -0.127. The molecule has 0 aliphatic heterocycles. The second kappa shape index (κ2) is 8.74. The summed E-state index contributed by atoms with van der Waals surface area (Å²) < 4.78 is 5.76. The van der Waals surface area contributed by atoms with Crippen molar-refractivity contribution >= 4 is 17.5 Å². The Morgan fingerprint density at radius 1 is 1.17 bits per heavy atom. The molecule has 0 aliphatic rings. The van der Waals surface area contributed by atoms with E-state index in [1.807, 2.05) is 56.3 Å². The maximum absolute atomic E-state index is 12.1. The van der Waals surface area contributed by atoms with E-state index in [2.05, 4.69) is 5.32 Å². The van der Waals surface area contributed by atoms with Crippen molar-refractivity contribution in [3.05, 3.63) is 64.2 Å². The zero-order chi connectivity index (χ0) is 17.5. The minimum absolute atomic E-state index is 0.0916. The summed E-state index contributed by atoms with van der Waals surface area (Å²) in [5.74, 6) is 0.662. The van der Waals surface area contributed by atoms with Crippen molar-refractivity contribution in [2.24, 2.45) is 0 Å². The molecule has 2 aromatic carbocycles. The number of carbonyl (C=O) groups is 1. The molecular formula is C20H24ClNO2. The first kappa shape index (κ1) is 18.3. The van der Waals surface area contributed by atoms with E-state index < -0.39 is 6.10 Å². The molecule has 24 heavy (non-hydrogen) atoms. The summed E-state index contributed by atoms with van der Waals surface area (Å²) >= 11 is 5.86. The topological polar surface area (TPSA) is 38.3 Å². The van der Waals surface area contributed by atoms with Gasteiger partial charge in [0.2, 0.25) is 0 Å². The van der Waals surface area contributed by atoms with E-state index in [1.165, 1.54) is 11.1 Å². The lowest BCUT2D eigenvalue weighted by atomic mass is 10.1. The fourth-order valence-corrected chi connectivity index (χ4v) is 2.60. The average molecular weight is 346 g/mol. The monoisotopic (exact) mass is 345 g/mol. The van der Waals surface area contributed by atoms with Crippen molar-refractivity contribution in [3.63, 3.8) is 0 Å². The zero-order valence-corrected chi connectivity index (χ0v) is 15.2. The number of amides is 1. The molecule has 0 fully saturated rings. The van der Waals surface area contributed by atoms with Gasteiger partial charge >= 0.3 is 0 Å². The van der Waals surface area contributed by atoms with Gasteiger partial charge < -0.3 is 10.1 Å². The van der Waals surface area contributed by atoms with Crippen molar-refractivity contribution in [1.82, 2.24) is 5.32 Å².